The molecule has 1 aromatic heterocycles. The summed E-state index contributed by atoms with van der Waals surface area (Å²) in [6, 6.07) is 10.5. The molecule has 0 aliphatic rings. The molecule has 3 aromatic rings. The van der Waals surface area contributed by atoms with Crippen LogP contribution in [-0.2, 0) is 0 Å². The van der Waals surface area contributed by atoms with Gasteiger partial charge in [0.15, 0.2) is 0 Å². The zero-order valence-electron chi connectivity index (χ0n) is 9.63. The molecule has 19 heavy (non-hydrogen) atoms. The monoisotopic (exact) mass is 317 g/mol. The lowest BCUT2D eigenvalue weighted by atomic mass is 10.0. The molecule has 0 spiro atoms. The van der Waals surface area contributed by atoms with Gasteiger partial charge in [-0.1, -0.05) is 22.0 Å². The maximum atomic E-state index is 11.1. The Kier molecular flexibility index (Phi) is 2.79. The average molecular weight is 318 g/mol. The number of hydrogen-bond acceptors (Lipinski definition) is 3. The SMILES string of the molecule is O=[N+]([O-])c1ccc(Br)cc1-c1ccc2[nH]ncc2c1. The second-order valence-corrected chi connectivity index (χ2v) is 5.01. The van der Waals surface area contributed by atoms with Gasteiger partial charge in [0.1, 0.15) is 0 Å². The molecule has 0 radical (unpaired) electrons. The minimum atomic E-state index is -0.374. The van der Waals surface area contributed by atoms with Gasteiger partial charge in [0, 0.05) is 15.9 Å². The molecule has 0 saturated heterocycles. The fraction of sp³-hybridized carbons (Fsp3) is 0. The highest BCUT2D eigenvalue weighted by atomic mass is 79.9. The van der Waals surface area contributed by atoms with Crippen LogP contribution in [0.3, 0.4) is 0 Å². The summed E-state index contributed by atoms with van der Waals surface area (Å²) in [6.07, 6.45) is 1.70. The minimum Gasteiger partial charge on any atom is -0.278 e. The van der Waals surface area contributed by atoms with Gasteiger partial charge in [0.05, 0.1) is 22.2 Å². The summed E-state index contributed by atoms with van der Waals surface area (Å²) in [5.74, 6) is 0. The number of H-pyrrole nitrogens is 1. The van der Waals surface area contributed by atoms with Gasteiger partial charge in [-0.2, -0.15) is 5.10 Å². The number of rotatable bonds is 2. The maximum absolute atomic E-state index is 11.1. The van der Waals surface area contributed by atoms with Gasteiger partial charge in [0.2, 0.25) is 0 Å². The number of nitro groups is 1. The van der Waals surface area contributed by atoms with E-state index in [-0.39, 0.29) is 10.6 Å². The van der Waals surface area contributed by atoms with Gasteiger partial charge in [-0.3, -0.25) is 15.2 Å². The molecule has 1 N–H and O–H groups in total. The molecule has 2 aromatic carbocycles. The second kappa shape index (κ2) is 4.47. The van der Waals surface area contributed by atoms with Crippen molar-refractivity contribution in [1.29, 1.82) is 0 Å². The maximum Gasteiger partial charge on any atom is 0.277 e. The first kappa shape index (κ1) is 11.9. The molecule has 3 rings (SSSR count). The number of fused-ring (bicyclic) bond motifs is 1. The van der Waals surface area contributed by atoms with Crippen molar-refractivity contribution >= 4 is 32.5 Å². The molecule has 0 saturated carbocycles. The van der Waals surface area contributed by atoms with Crippen LogP contribution in [0.15, 0.2) is 47.1 Å². The standard InChI is InChI=1S/C13H8BrN3O2/c14-10-2-4-13(17(18)19)11(6-10)8-1-3-12-9(5-8)7-15-16-12/h1-7H,(H,15,16). The molecular weight excluding hydrogens is 310 g/mol. The van der Waals surface area contributed by atoms with E-state index in [0.717, 1.165) is 20.9 Å². The number of aromatic amines is 1. The van der Waals surface area contributed by atoms with Crippen molar-refractivity contribution < 1.29 is 4.92 Å². The van der Waals surface area contributed by atoms with Crippen molar-refractivity contribution in [3.05, 3.63) is 57.2 Å². The molecule has 0 unspecified atom stereocenters. The van der Waals surface area contributed by atoms with Gasteiger partial charge in [-0.05, 0) is 29.8 Å². The van der Waals surface area contributed by atoms with Crippen LogP contribution in [0, 0.1) is 10.1 Å². The van der Waals surface area contributed by atoms with Gasteiger partial charge in [0.25, 0.3) is 5.69 Å². The number of nitrogens with zero attached hydrogens (tertiary/aromatic N) is 2. The van der Waals surface area contributed by atoms with Gasteiger partial charge in [-0.15, -0.1) is 0 Å². The fourth-order valence-electron chi connectivity index (χ4n) is 2.01. The smallest absolute Gasteiger partial charge is 0.277 e. The molecular formula is C13H8BrN3O2. The van der Waals surface area contributed by atoms with Crippen LogP contribution >= 0.6 is 15.9 Å². The third kappa shape index (κ3) is 2.10. The highest BCUT2D eigenvalue weighted by molar-refractivity contribution is 9.10. The van der Waals surface area contributed by atoms with Crippen LogP contribution in [0.1, 0.15) is 0 Å². The first-order chi connectivity index (χ1) is 9.15. The van der Waals surface area contributed by atoms with E-state index in [9.17, 15) is 10.1 Å². The Bertz CT molecular complexity index is 782. The summed E-state index contributed by atoms with van der Waals surface area (Å²) in [4.78, 5) is 10.7. The van der Waals surface area contributed by atoms with Crippen LogP contribution < -0.4 is 0 Å². The molecule has 1 heterocycles. The lowest BCUT2D eigenvalue weighted by Crippen LogP contribution is -1.91. The Labute approximate surface area is 116 Å². The van der Waals surface area contributed by atoms with Crippen molar-refractivity contribution in [1.82, 2.24) is 10.2 Å². The van der Waals surface area contributed by atoms with Crippen LogP contribution in [0.25, 0.3) is 22.0 Å². The Balaban J connectivity index is 2.24. The normalized spacial score (nSPS) is 10.8. The summed E-state index contributed by atoms with van der Waals surface area (Å²) in [5, 5.41) is 18.8. The molecule has 0 aliphatic carbocycles. The largest absolute Gasteiger partial charge is 0.278 e. The van der Waals surface area contributed by atoms with E-state index >= 15 is 0 Å². The number of halogens is 1. The number of aromatic nitrogens is 2. The zero-order chi connectivity index (χ0) is 13.4. The van der Waals surface area contributed by atoms with Crippen LogP contribution in [0.2, 0.25) is 0 Å². The van der Waals surface area contributed by atoms with Crippen molar-refractivity contribution in [3.63, 3.8) is 0 Å². The molecule has 5 nitrogen and oxygen atoms in total. The molecule has 0 fully saturated rings. The quantitative estimate of drug-likeness (QED) is 0.575. The predicted octanol–water partition coefficient (Wildman–Crippen LogP) is 3.90. The Morgan fingerprint density at radius 1 is 1.21 bits per heavy atom. The fourth-order valence-corrected chi connectivity index (χ4v) is 2.37. The second-order valence-electron chi connectivity index (χ2n) is 4.09. The number of nitrogens with one attached hydrogen (secondary N) is 1. The van der Waals surface area contributed by atoms with E-state index in [1.165, 1.54) is 6.07 Å². The molecule has 0 atom stereocenters. The van der Waals surface area contributed by atoms with Gasteiger partial charge in [-0.25, -0.2) is 0 Å². The first-order valence-corrected chi connectivity index (χ1v) is 6.32. The lowest BCUT2D eigenvalue weighted by molar-refractivity contribution is -0.384. The Morgan fingerprint density at radius 2 is 2.05 bits per heavy atom. The van der Waals surface area contributed by atoms with E-state index in [1.54, 1.807) is 18.3 Å². The van der Waals surface area contributed by atoms with E-state index in [4.69, 9.17) is 0 Å². The van der Waals surface area contributed by atoms with Crippen LogP contribution in [-0.4, -0.2) is 15.1 Å². The minimum absolute atomic E-state index is 0.0889. The molecule has 6 heteroatoms. The summed E-state index contributed by atoms with van der Waals surface area (Å²) < 4.78 is 0.806. The van der Waals surface area contributed by atoms with E-state index < -0.39 is 0 Å². The molecule has 94 valence electrons. The zero-order valence-corrected chi connectivity index (χ0v) is 11.2. The molecule has 0 amide bonds. The number of benzene rings is 2. The Morgan fingerprint density at radius 3 is 2.84 bits per heavy atom. The van der Waals surface area contributed by atoms with Crippen molar-refractivity contribution in [2.75, 3.05) is 0 Å². The summed E-state index contributed by atoms with van der Waals surface area (Å²) >= 11 is 3.34. The molecule has 0 aliphatic heterocycles. The topological polar surface area (TPSA) is 71.8 Å². The number of nitro benzene ring substituents is 1. The van der Waals surface area contributed by atoms with E-state index in [0.29, 0.717) is 5.56 Å². The highest BCUT2D eigenvalue weighted by Gasteiger charge is 2.15. The average Bonchev–Trinajstić information content (AvgIpc) is 2.85. The van der Waals surface area contributed by atoms with Gasteiger partial charge < -0.3 is 0 Å². The van der Waals surface area contributed by atoms with Gasteiger partial charge >= 0.3 is 0 Å². The number of hydrogen-bond donors (Lipinski definition) is 1. The van der Waals surface area contributed by atoms with E-state index in [1.807, 2.05) is 18.2 Å². The first-order valence-electron chi connectivity index (χ1n) is 5.52. The highest BCUT2D eigenvalue weighted by Crippen LogP contribution is 2.33. The predicted molar refractivity (Wildman–Crippen MR) is 75.9 cm³/mol. The third-order valence-corrected chi connectivity index (χ3v) is 3.40. The third-order valence-electron chi connectivity index (χ3n) is 2.91. The van der Waals surface area contributed by atoms with Crippen LogP contribution in [0.4, 0.5) is 5.69 Å². The van der Waals surface area contributed by atoms with Crippen molar-refractivity contribution in [3.8, 4) is 11.1 Å². The summed E-state index contributed by atoms with van der Waals surface area (Å²) in [5.41, 5.74) is 2.37. The lowest BCUT2D eigenvalue weighted by Gasteiger charge is -2.04. The summed E-state index contributed by atoms with van der Waals surface area (Å²) in [6.45, 7) is 0. The van der Waals surface area contributed by atoms with Crippen molar-refractivity contribution in [2.24, 2.45) is 0 Å². The van der Waals surface area contributed by atoms with E-state index in [2.05, 4.69) is 26.1 Å². The molecule has 0 bridgehead atoms. The van der Waals surface area contributed by atoms with Crippen LogP contribution in [0.5, 0.6) is 0 Å². The summed E-state index contributed by atoms with van der Waals surface area (Å²) in [7, 11) is 0. The van der Waals surface area contributed by atoms with Crippen molar-refractivity contribution in [2.45, 2.75) is 0 Å². The Hall–Kier alpha value is -2.21.